The largest absolute Gasteiger partial charge is 0.463 e. The maximum atomic E-state index is 13.8. The number of nitrogens with zero attached hydrogens (tertiary/aromatic N) is 3. The molecule has 0 fully saturated rings. The molecule has 0 aliphatic carbocycles. The highest BCUT2D eigenvalue weighted by Crippen LogP contribution is 2.36. The van der Waals surface area contributed by atoms with E-state index >= 15 is 0 Å². The van der Waals surface area contributed by atoms with Crippen LogP contribution in [0.15, 0.2) is 53.1 Å². The van der Waals surface area contributed by atoms with E-state index < -0.39 is 11.1 Å². The highest BCUT2D eigenvalue weighted by molar-refractivity contribution is 6.12. The monoisotopic (exact) mass is 420 g/mol. The summed E-state index contributed by atoms with van der Waals surface area (Å²) >= 11 is 0. The maximum Gasteiger partial charge on any atom is 0.277 e. The third kappa shape index (κ3) is 3.65. The van der Waals surface area contributed by atoms with Crippen LogP contribution >= 0.6 is 0 Å². The first-order valence-corrected chi connectivity index (χ1v) is 10.5. The third-order valence-electron chi connectivity index (χ3n) is 5.52. The van der Waals surface area contributed by atoms with E-state index in [1.165, 1.54) is 0 Å². The van der Waals surface area contributed by atoms with Crippen molar-refractivity contribution in [3.05, 3.63) is 60.0 Å². The number of fused-ring (bicyclic) bond motifs is 1. The van der Waals surface area contributed by atoms with Gasteiger partial charge in [-0.3, -0.25) is 19.2 Å². The Hall–Kier alpha value is -3.35. The predicted octanol–water partition coefficient (Wildman–Crippen LogP) is 4.04. The SMILES string of the molecule is CCc1ccccc1N1C(=O)c2cc(-c3ccco3)nn2C[C@]1(C)C(=O)NC(C)(C)C. The van der Waals surface area contributed by atoms with Crippen molar-refractivity contribution in [1.82, 2.24) is 15.1 Å². The fourth-order valence-corrected chi connectivity index (χ4v) is 4.01. The number of aromatic nitrogens is 2. The predicted molar refractivity (Wildman–Crippen MR) is 119 cm³/mol. The van der Waals surface area contributed by atoms with Crippen molar-refractivity contribution >= 4 is 17.5 Å². The van der Waals surface area contributed by atoms with Gasteiger partial charge in [0.25, 0.3) is 5.91 Å². The number of carbonyl (C=O) groups excluding carboxylic acids is 2. The standard InChI is InChI=1S/C24H28N4O3/c1-6-16-10-7-8-11-18(16)28-21(29)19-14-17(20-12-9-13-31-20)26-27(19)15-24(28,5)22(30)25-23(2,3)4/h7-14H,6,15H2,1-5H3,(H,25,30)/t24-/m1/s1. The topological polar surface area (TPSA) is 80.4 Å². The van der Waals surface area contributed by atoms with Crippen LogP contribution in [0.4, 0.5) is 5.69 Å². The Morgan fingerprint density at radius 2 is 1.97 bits per heavy atom. The number of rotatable bonds is 4. The van der Waals surface area contributed by atoms with Crippen LogP contribution in [-0.2, 0) is 17.8 Å². The van der Waals surface area contributed by atoms with Crippen LogP contribution in [0, 0.1) is 0 Å². The van der Waals surface area contributed by atoms with E-state index in [0.717, 1.165) is 17.7 Å². The number of hydrogen-bond donors (Lipinski definition) is 1. The van der Waals surface area contributed by atoms with Crippen LogP contribution in [0.2, 0.25) is 0 Å². The number of para-hydroxylation sites is 1. The van der Waals surface area contributed by atoms with E-state index in [0.29, 0.717) is 17.1 Å². The first kappa shape index (κ1) is 20.9. The highest BCUT2D eigenvalue weighted by Gasteiger charge is 2.50. The van der Waals surface area contributed by atoms with E-state index in [9.17, 15) is 9.59 Å². The van der Waals surface area contributed by atoms with Gasteiger partial charge in [-0.25, -0.2) is 0 Å². The molecule has 1 aromatic carbocycles. The summed E-state index contributed by atoms with van der Waals surface area (Å²) < 4.78 is 7.08. The van der Waals surface area contributed by atoms with Gasteiger partial charge in [-0.1, -0.05) is 25.1 Å². The van der Waals surface area contributed by atoms with Gasteiger partial charge in [0.05, 0.1) is 12.8 Å². The van der Waals surface area contributed by atoms with E-state index in [1.54, 1.807) is 41.0 Å². The summed E-state index contributed by atoms with van der Waals surface area (Å²) in [6.45, 7) is 9.86. The van der Waals surface area contributed by atoms with Crippen LogP contribution in [-0.4, -0.2) is 32.7 Å². The van der Waals surface area contributed by atoms with Gasteiger partial charge < -0.3 is 9.73 Å². The lowest BCUT2D eigenvalue weighted by atomic mass is 9.91. The Kier molecular flexibility index (Phi) is 5.00. The number of hydrogen-bond acceptors (Lipinski definition) is 4. The van der Waals surface area contributed by atoms with Gasteiger partial charge in [-0.05, 0) is 57.9 Å². The van der Waals surface area contributed by atoms with Crippen molar-refractivity contribution < 1.29 is 14.0 Å². The quantitative estimate of drug-likeness (QED) is 0.691. The Labute approximate surface area is 182 Å². The molecule has 1 aliphatic rings. The van der Waals surface area contributed by atoms with Crippen LogP contribution in [0.1, 0.15) is 50.7 Å². The summed E-state index contributed by atoms with van der Waals surface area (Å²) in [4.78, 5) is 29.0. The molecule has 1 N–H and O–H groups in total. The van der Waals surface area contributed by atoms with Crippen LogP contribution in [0.25, 0.3) is 11.5 Å². The van der Waals surface area contributed by atoms with E-state index in [1.807, 2.05) is 52.0 Å². The van der Waals surface area contributed by atoms with E-state index in [4.69, 9.17) is 4.42 Å². The molecule has 0 unspecified atom stereocenters. The smallest absolute Gasteiger partial charge is 0.277 e. The number of nitrogens with one attached hydrogen (secondary N) is 1. The Balaban J connectivity index is 1.87. The normalized spacial score (nSPS) is 18.7. The number of benzene rings is 1. The summed E-state index contributed by atoms with van der Waals surface area (Å²) in [5, 5.41) is 7.64. The van der Waals surface area contributed by atoms with Crippen LogP contribution in [0.5, 0.6) is 0 Å². The minimum absolute atomic E-state index is 0.222. The number of furan rings is 1. The van der Waals surface area contributed by atoms with Gasteiger partial charge in [-0.2, -0.15) is 5.10 Å². The Morgan fingerprint density at radius 3 is 2.61 bits per heavy atom. The molecular formula is C24H28N4O3. The van der Waals surface area contributed by atoms with Gasteiger partial charge in [0.15, 0.2) is 5.76 Å². The summed E-state index contributed by atoms with van der Waals surface area (Å²) in [6.07, 6.45) is 2.31. The molecule has 0 bridgehead atoms. The second kappa shape index (κ2) is 7.41. The first-order valence-electron chi connectivity index (χ1n) is 10.5. The maximum absolute atomic E-state index is 13.8. The molecule has 162 valence electrons. The van der Waals surface area contributed by atoms with Crippen molar-refractivity contribution in [2.75, 3.05) is 4.90 Å². The lowest BCUT2D eigenvalue weighted by Crippen LogP contribution is -2.66. The molecule has 7 nitrogen and oxygen atoms in total. The average molecular weight is 421 g/mol. The summed E-state index contributed by atoms with van der Waals surface area (Å²) in [6, 6.07) is 13.0. The zero-order valence-electron chi connectivity index (χ0n) is 18.6. The van der Waals surface area contributed by atoms with Crippen molar-refractivity contribution in [1.29, 1.82) is 0 Å². The molecule has 3 heterocycles. The van der Waals surface area contributed by atoms with Crippen LogP contribution in [0.3, 0.4) is 0 Å². The lowest BCUT2D eigenvalue weighted by Gasteiger charge is -2.44. The highest BCUT2D eigenvalue weighted by atomic mass is 16.3. The summed E-state index contributed by atoms with van der Waals surface area (Å²) in [5.74, 6) is 0.0972. The molecule has 2 aromatic heterocycles. The van der Waals surface area contributed by atoms with Gasteiger partial charge in [0.2, 0.25) is 5.91 Å². The van der Waals surface area contributed by atoms with Crippen molar-refractivity contribution in [2.24, 2.45) is 0 Å². The first-order chi connectivity index (χ1) is 14.6. The minimum Gasteiger partial charge on any atom is -0.463 e. The van der Waals surface area contributed by atoms with Crippen LogP contribution < -0.4 is 10.2 Å². The zero-order valence-corrected chi connectivity index (χ0v) is 18.6. The zero-order chi connectivity index (χ0) is 22.4. The molecule has 2 amide bonds. The summed E-state index contributed by atoms with van der Waals surface area (Å²) in [5.41, 5.74) is 1.15. The molecule has 4 rings (SSSR count). The summed E-state index contributed by atoms with van der Waals surface area (Å²) in [7, 11) is 0. The minimum atomic E-state index is -1.16. The fourth-order valence-electron chi connectivity index (χ4n) is 4.01. The van der Waals surface area contributed by atoms with E-state index in [-0.39, 0.29) is 18.4 Å². The Bertz CT molecular complexity index is 1120. The molecule has 3 aromatic rings. The molecule has 0 saturated carbocycles. The molecular weight excluding hydrogens is 392 g/mol. The fraction of sp³-hybridized carbons (Fsp3) is 0.375. The lowest BCUT2D eigenvalue weighted by molar-refractivity contribution is -0.128. The average Bonchev–Trinajstić information content (AvgIpc) is 3.36. The van der Waals surface area contributed by atoms with E-state index in [2.05, 4.69) is 10.4 Å². The Morgan fingerprint density at radius 1 is 1.23 bits per heavy atom. The third-order valence-corrected chi connectivity index (χ3v) is 5.52. The van der Waals surface area contributed by atoms with Crippen molar-refractivity contribution in [2.45, 2.75) is 58.7 Å². The van der Waals surface area contributed by atoms with Crippen molar-refractivity contribution in [3.63, 3.8) is 0 Å². The number of anilines is 1. The molecule has 0 spiro atoms. The van der Waals surface area contributed by atoms with Gasteiger partial charge in [0, 0.05) is 17.3 Å². The van der Waals surface area contributed by atoms with Gasteiger partial charge in [0.1, 0.15) is 16.9 Å². The molecule has 0 saturated heterocycles. The molecule has 7 heteroatoms. The van der Waals surface area contributed by atoms with Gasteiger partial charge >= 0.3 is 0 Å². The molecule has 0 radical (unpaired) electrons. The second-order valence-corrected chi connectivity index (χ2v) is 9.15. The second-order valence-electron chi connectivity index (χ2n) is 9.15. The number of amides is 2. The molecule has 1 aliphatic heterocycles. The molecule has 31 heavy (non-hydrogen) atoms. The molecule has 1 atom stereocenters. The van der Waals surface area contributed by atoms with Gasteiger partial charge in [-0.15, -0.1) is 0 Å². The number of aryl methyl sites for hydroxylation is 1. The number of carbonyl (C=O) groups is 2. The van der Waals surface area contributed by atoms with Crippen molar-refractivity contribution in [3.8, 4) is 11.5 Å².